The standard InChI is InChI=1S/C7H10O2.C7H12O2.C5H8O3.C5H8O2.C4H6O2/c1-4-5-9-7(8)6(2)3;1-3-5-6-9-7(8)4-2;1-3-8-5(7)4(2)6;1-4(2)5(6)7-3;1-3(2)4(5)6/h4H,1-2,5H2,3H3;4H,2-3,5-6H2,1H3;6H,2-3H2,1H3;1H2,2-3H3;1H2,2H3,(H,5,6). The van der Waals surface area contributed by atoms with E-state index in [9.17, 15) is 24.0 Å². The zero-order valence-corrected chi connectivity index (χ0v) is 24.0. The number of ether oxygens (including phenoxy) is 4. The first kappa shape index (κ1) is 44.6. The highest BCUT2D eigenvalue weighted by atomic mass is 16.5. The summed E-state index contributed by atoms with van der Waals surface area (Å²) < 4.78 is 17.9. The van der Waals surface area contributed by atoms with Gasteiger partial charge in [-0.1, -0.05) is 52.3 Å². The van der Waals surface area contributed by atoms with Crippen LogP contribution in [0.3, 0.4) is 0 Å². The minimum Gasteiger partial charge on any atom is -0.502 e. The highest BCUT2D eigenvalue weighted by molar-refractivity contribution is 5.87. The summed E-state index contributed by atoms with van der Waals surface area (Å²) in [6, 6.07) is 0. The molecule has 0 rings (SSSR count). The smallest absolute Gasteiger partial charge is 0.372 e. The van der Waals surface area contributed by atoms with Crippen molar-refractivity contribution in [3.8, 4) is 0 Å². The van der Waals surface area contributed by atoms with Gasteiger partial charge in [0.05, 0.1) is 20.3 Å². The van der Waals surface area contributed by atoms with Gasteiger partial charge in [0.15, 0.2) is 5.76 Å². The van der Waals surface area contributed by atoms with Crippen LogP contribution in [0.4, 0.5) is 0 Å². The number of unbranched alkanes of at least 4 members (excludes halogenated alkanes) is 1. The Morgan fingerprint density at radius 2 is 1.21 bits per heavy atom. The van der Waals surface area contributed by atoms with E-state index in [1.54, 1.807) is 20.8 Å². The molecule has 0 aromatic heterocycles. The molecule has 0 unspecified atom stereocenters. The molecule has 0 aromatic rings. The van der Waals surface area contributed by atoms with Crippen LogP contribution >= 0.6 is 0 Å². The second-order valence-electron chi connectivity index (χ2n) is 6.92. The largest absolute Gasteiger partial charge is 0.502 e. The van der Waals surface area contributed by atoms with Crippen LogP contribution in [0.2, 0.25) is 0 Å². The third kappa shape index (κ3) is 44.0. The average molecular weight is 557 g/mol. The molecule has 0 heterocycles. The van der Waals surface area contributed by atoms with E-state index in [4.69, 9.17) is 10.2 Å². The summed E-state index contributed by atoms with van der Waals surface area (Å²) in [6.07, 6.45) is 4.67. The maximum Gasteiger partial charge on any atom is 0.372 e. The van der Waals surface area contributed by atoms with Crippen molar-refractivity contribution < 1.29 is 53.1 Å². The third-order valence-electron chi connectivity index (χ3n) is 3.00. The lowest BCUT2D eigenvalue weighted by molar-refractivity contribution is -0.141. The first-order valence-electron chi connectivity index (χ1n) is 11.4. The number of aliphatic carboxylic acids is 1. The number of esters is 4. The summed E-state index contributed by atoms with van der Waals surface area (Å²) in [6.45, 7) is 28.9. The number of carboxylic acid groups (broad SMARTS) is 1. The average Bonchev–Trinajstić information content (AvgIpc) is 2.88. The van der Waals surface area contributed by atoms with E-state index in [-0.39, 0.29) is 36.7 Å². The lowest BCUT2D eigenvalue weighted by Gasteiger charge is -1.97. The number of carbonyl (C=O) groups excluding carboxylic acids is 4. The van der Waals surface area contributed by atoms with Crippen molar-refractivity contribution in [2.45, 2.75) is 47.5 Å². The van der Waals surface area contributed by atoms with Crippen LogP contribution in [0, 0.1) is 0 Å². The summed E-state index contributed by atoms with van der Waals surface area (Å²) in [7, 11) is 1.33. The number of rotatable bonds is 11. The molecule has 0 radical (unpaired) electrons. The molecule has 0 atom stereocenters. The second kappa shape index (κ2) is 31.6. The zero-order chi connectivity index (χ0) is 32.0. The van der Waals surface area contributed by atoms with Gasteiger partial charge in [-0.25, -0.2) is 24.0 Å². The summed E-state index contributed by atoms with van der Waals surface area (Å²) >= 11 is 0. The van der Waals surface area contributed by atoms with Gasteiger partial charge in [0.2, 0.25) is 0 Å². The predicted octanol–water partition coefficient (Wildman–Crippen LogP) is 4.81. The summed E-state index contributed by atoms with van der Waals surface area (Å²) in [5.74, 6) is -3.28. The molecule has 39 heavy (non-hydrogen) atoms. The van der Waals surface area contributed by atoms with Gasteiger partial charge in [0.25, 0.3) is 0 Å². The molecular formula is C28H44O11. The molecule has 0 spiro atoms. The Balaban J connectivity index is -0.000000124. The topological polar surface area (TPSA) is 163 Å². The molecule has 0 aliphatic rings. The fraction of sp³-hybridized carbons (Fsp3) is 0.393. The van der Waals surface area contributed by atoms with Crippen LogP contribution in [-0.2, 0) is 42.9 Å². The Hall–Kier alpha value is -4.41. The fourth-order valence-electron chi connectivity index (χ4n) is 1.02. The molecule has 222 valence electrons. The maximum absolute atomic E-state index is 10.5. The molecule has 0 aliphatic heterocycles. The van der Waals surface area contributed by atoms with Crippen molar-refractivity contribution in [2.75, 3.05) is 26.9 Å². The second-order valence-corrected chi connectivity index (χ2v) is 6.92. The molecule has 0 bridgehead atoms. The van der Waals surface area contributed by atoms with Crippen molar-refractivity contribution in [1.82, 2.24) is 0 Å². The van der Waals surface area contributed by atoms with E-state index in [1.807, 2.05) is 6.92 Å². The number of aliphatic hydroxyl groups is 1. The zero-order valence-electron chi connectivity index (χ0n) is 24.0. The first-order chi connectivity index (χ1) is 18.0. The summed E-state index contributed by atoms with van der Waals surface area (Å²) in [4.78, 5) is 50.8. The van der Waals surface area contributed by atoms with Gasteiger partial charge in [-0.05, 0) is 40.7 Å². The first-order valence-corrected chi connectivity index (χ1v) is 11.4. The highest BCUT2D eigenvalue weighted by Gasteiger charge is 2.02. The van der Waals surface area contributed by atoms with Crippen LogP contribution in [0.15, 0.2) is 74.1 Å². The molecule has 0 aliphatic carbocycles. The summed E-state index contributed by atoms with van der Waals surface area (Å²) in [5.41, 5.74) is 1.02. The number of aliphatic hydroxyl groups excluding tert-OH is 1. The van der Waals surface area contributed by atoms with Crippen molar-refractivity contribution in [3.05, 3.63) is 74.1 Å². The maximum atomic E-state index is 10.5. The fourth-order valence-corrected chi connectivity index (χ4v) is 1.02. The normalized spacial score (nSPS) is 8.05. The van der Waals surface area contributed by atoms with Crippen LogP contribution in [0.1, 0.15) is 47.5 Å². The number of hydrogen-bond acceptors (Lipinski definition) is 10. The Labute approximate surface area is 231 Å². The molecule has 11 nitrogen and oxygen atoms in total. The van der Waals surface area contributed by atoms with E-state index < -0.39 is 17.7 Å². The molecule has 11 heteroatoms. The van der Waals surface area contributed by atoms with Crippen LogP contribution < -0.4 is 0 Å². The quantitative estimate of drug-likeness (QED) is 0.0896. The molecule has 0 saturated heterocycles. The molecule has 2 N–H and O–H groups in total. The van der Waals surface area contributed by atoms with E-state index in [2.05, 4.69) is 58.4 Å². The van der Waals surface area contributed by atoms with Crippen molar-refractivity contribution >= 4 is 29.8 Å². The summed E-state index contributed by atoms with van der Waals surface area (Å²) in [5, 5.41) is 16.2. The van der Waals surface area contributed by atoms with Crippen LogP contribution in [-0.4, -0.2) is 67.0 Å². The molecule has 0 aromatic carbocycles. The molecule has 0 amide bonds. The van der Waals surface area contributed by atoms with Gasteiger partial charge in [0, 0.05) is 22.8 Å². The predicted molar refractivity (Wildman–Crippen MR) is 150 cm³/mol. The number of carboxylic acids is 1. The van der Waals surface area contributed by atoms with Crippen molar-refractivity contribution in [1.29, 1.82) is 0 Å². The molecule has 0 fully saturated rings. The van der Waals surface area contributed by atoms with Crippen LogP contribution in [0.25, 0.3) is 0 Å². The lowest BCUT2D eigenvalue weighted by atomic mass is 10.4. The Bertz CT molecular complexity index is 824. The molecule has 0 saturated carbocycles. The Morgan fingerprint density at radius 3 is 1.41 bits per heavy atom. The lowest BCUT2D eigenvalue weighted by Crippen LogP contribution is -2.05. The van der Waals surface area contributed by atoms with E-state index in [0.29, 0.717) is 17.8 Å². The monoisotopic (exact) mass is 556 g/mol. The van der Waals surface area contributed by atoms with Crippen molar-refractivity contribution in [2.24, 2.45) is 0 Å². The Morgan fingerprint density at radius 1 is 0.744 bits per heavy atom. The van der Waals surface area contributed by atoms with Gasteiger partial charge >= 0.3 is 29.8 Å². The number of methoxy groups -OCH3 is 1. The van der Waals surface area contributed by atoms with Crippen LogP contribution in [0.5, 0.6) is 0 Å². The SMILES string of the molecule is C=C(C)C(=O)O.C=C(C)C(=O)OC.C=C(O)C(=O)OCC.C=CC(=O)OCCCC.C=CCOC(=O)C(=C)C. The van der Waals surface area contributed by atoms with Gasteiger partial charge in [-0.15, -0.1) is 0 Å². The van der Waals surface area contributed by atoms with Gasteiger partial charge in [-0.3, -0.25) is 0 Å². The van der Waals surface area contributed by atoms with Gasteiger partial charge in [0.1, 0.15) is 6.61 Å². The van der Waals surface area contributed by atoms with Crippen molar-refractivity contribution in [3.63, 3.8) is 0 Å². The van der Waals surface area contributed by atoms with E-state index in [1.165, 1.54) is 26.2 Å². The van der Waals surface area contributed by atoms with E-state index in [0.717, 1.165) is 12.8 Å². The van der Waals surface area contributed by atoms with E-state index >= 15 is 0 Å². The number of hydrogen-bond donors (Lipinski definition) is 2. The number of carbonyl (C=O) groups is 5. The van der Waals surface area contributed by atoms with Gasteiger partial charge in [-0.2, -0.15) is 0 Å². The molecular weight excluding hydrogens is 512 g/mol. The highest BCUT2D eigenvalue weighted by Crippen LogP contribution is 1.91. The van der Waals surface area contributed by atoms with Gasteiger partial charge < -0.3 is 29.2 Å². The minimum atomic E-state index is -0.935. The third-order valence-corrected chi connectivity index (χ3v) is 3.00. The Kier molecular flexibility index (Phi) is 36.1. The minimum absolute atomic E-state index is 0.176.